The smallest absolute Gasteiger partial charge is 0.282 e. The van der Waals surface area contributed by atoms with Crippen molar-refractivity contribution in [2.24, 2.45) is 0 Å². The van der Waals surface area contributed by atoms with E-state index in [2.05, 4.69) is 28.8 Å². The Bertz CT molecular complexity index is 1050. The van der Waals surface area contributed by atoms with E-state index in [4.69, 9.17) is 4.74 Å². The van der Waals surface area contributed by atoms with E-state index in [-0.39, 0.29) is 17.9 Å². The molecule has 0 saturated heterocycles. The quantitative estimate of drug-likeness (QED) is 0.565. The molecule has 0 aliphatic rings. The van der Waals surface area contributed by atoms with Crippen molar-refractivity contribution in [1.82, 2.24) is 0 Å². The van der Waals surface area contributed by atoms with E-state index in [1.165, 1.54) is 12.5 Å². The third-order valence-electron chi connectivity index (χ3n) is 5.20. The first-order chi connectivity index (χ1) is 14.4. The molecular weight excluding hydrogens is 378 g/mol. The molecule has 6 heteroatoms. The van der Waals surface area contributed by atoms with E-state index in [1.54, 1.807) is 31.4 Å². The lowest BCUT2D eigenvalue weighted by atomic mass is 10.1. The van der Waals surface area contributed by atoms with Crippen molar-refractivity contribution in [3.8, 4) is 5.75 Å². The zero-order chi connectivity index (χ0) is 21.7. The maximum atomic E-state index is 12.7. The minimum absolute atomic E-state index is 0.0506. The molecular formula is C24H28N3O3+. The van der Waals surface area contributed by atoms with Crippen LogP contribution in [0.2, 0.25) is 0 Å². The SMILES string of the molecule is COc1ccc2cc(C[NH+](C)[C@@H](C)C(=O)Nc3ccc(NC(C)=O)cc3)ccc2c1. The number of ether oxygens (including phenoxy) is 1. The van der Waals surface area contributed by atoms with Crippen LogP contribution in [0.4, 0.5) is 11.4 Å². The normalized spacial score (nSPS) is 12.8. The second-order valence-corrected chi connectivity index (χ2v) is 7.54. The summed E-state index contributed by atoms with van der Waals surface area (Å²) in [5, 5.41) is 7.93. The molecule has 0 heterocycles. The third-order valence-corrected chi connectivity index (χ3v) is 5.20. The van der Waals surface area contributed by atoms with Crippen LogP contribution in [0.15, 0.2) is 60.7 Å². The number of likely N-dealkylation sites (N-methyl/N-ethyl adjacent to an activating group) is 1. The van der Waals surface area contributed by atoms with Gasteiger partial charge < -0.3 is 20.3 Å². The predicted octanol–water partition coefficient (Wildman–Crippen LogP) is 2.85. The van der Waals surface area contributed by atoms with Gasteiger partial charge in [0.05, 0.1) is 14.2 Å². The largest absolute Gasteiger partial charge is 0.497 e. The average molecular weight is 407 g/mol. The molecule has 1 unspecified atom stereocenters. The van der Waals surface area contributed by atoms with Gasteiger partial charge in [0.15, 0.2) is 6.04 Å². The molecule has 0 fully saturated rings. The number of quaternary nitrogens is 1. The van der Waals surface area contributed by atoms with Gasteiger partial charge in [0.1, 0.15) is 12.3 Å². The molecule has 30 heavy (non-hydrogen) atoms. The van der Waals surface area contributed by atoms with Crippen molar-refractivity contribution >= 4 is 34.0 Å². The minimum Gasteiger partial charge on any atom is -0.497 e. The summed E-state index contributed by atoms with van der Waals surface area (Å²) in [6.07, 6.45) is 0. The van der Waals surface area contributed by atoms with Crippen LogP contribution >= 0.6 is 0 Å². The summed E-state index contributed by atoms with van der Waals surface area (Å²) in [6.45, 7) is 4.11. The highest BCUT2D eigenvalue weighted by Gasteiger charge is 2.22. The lowest BCUT2D eigenvalue weighted by Crippen LogP contribution is -3.12. The van der Waals surface area contributed by atoms with Crippen LogP contribution in [-0.2, 0) is 16.1 Å². The number of anilines is 2. The summed E-state index contributed by atoms with van der Waals surface area (Å²) in [4.78, 5) is 24.9. The maximum absolute atomic E-state index is 12.7. The minimum atomic E-state index is -0.230. The van der Waals surface area contributed by atoms with Gasteiger partial charge in [-0.3, -0.25) is 9.59 Å². The Morgan fingerprint density at radius 3 is 2.17 bits per heavy atom. The Hall–Kier alpha value is -3.38. The number of hydrogen-bond donors (Lipinski definition) is 3. The monoisotopic (exact) mass is 406 g/mol. The molecule has 0 radical (unpaired) electrons. The summed E-state index contributed by atoms with van der Waals surface area (Å²) in [7, 11) is 3.68. The van der Waals surface area contributed by atoms with E-state index in [9.17, 15) is 9.59 Å². The highest BCUT2D eigenvalue weighted by atomic mass is 16.5. The van der Waals surface area contributed by atoms with Gasteiger partial charge in [-0.05, 0) is 60.2 Å². The molecule has 2 atom stereocenters. The molecule has 0 bridgehead atoms. The number of hydrogen-bond acceptors (Lipinski definition) is 3. The lowest BCUT2D eigenvalue weighted by molar-refractivity contribution is -0.907. The van der Waals surface area contributed by atoms with E-state index >= 15 is 0 Å². The Kier molecular flexibility index (Phi) is 6.69. The fraction of sp³-hybridized carbons (Fsp3) is 0.250. The van der Waals surface area contributed by atoms with Gasteiger partial charge >= 0.3 is 0 Å². The number of carbonyl (C=O) groups excluding carboxylic acids is 2. The fourth-order valence-electron chi connectivity index (χ4n) is 3.30. The fourth-order valence-corrected chi connectivity index (χ4v) is 3.30. The average Bonchev–Trinajstić information content (AvgIpc) is 2.73. The Morgan fingerprint density at radius 1 is 0.933 bits per heavy atom. The predicted molar refractivity (Wildman–Crippen MR) is 120 cm³/mol. The van der Waals surface area contributed by atoms with E-state index < -0.39 is 0 Å². The number of methoxy groups -OCH3 is 1. The molecule has 0 aliphatic heterocycles. The van der Waals surface area contributed by atoms with Crippen molar-refractivity contribution in [3.63, 3.8) is 0 Å². The number of carbonyl (C=O) groups is 2. The summed E-state index contributed by atoms with van der Waals surface area (Å²) >= 11 is 0. The zero-order valence-electron chi connectivity index (χ0n) is 17.8. The second kappa shape index (κ2) is 9.41. The number of benzene rings is 3. The standard InChI is InChI=1S/C24H27N3O3/c1-16(24(29)26-22-10-8-21(9-11-22)25-17(2)28)27(3)15-18-5-6-20-14-23(30-4)12-7-19(20)13-18/h5-14,16H,15H2,1-4H3,(H,25,28)(H,26,29)/p+1/t16-/m0/s1. The number of amides is 2. The molecule has 0 saturated carbocycles. The van der Waals surface area contributed by atoms with Crippen LogP contribution in [0.1, 0.15) is 19.4 Å². The number of rotatable bonds is 7. The van der Waals surface area contributed by atoms with Crippen molar-refractivity contribution in [2.75, 3.05) is 24.8 Å². The third kappa shape index (κ3) is 5.36. The van der Waals surface area contributed by atoms with Crippen molar-refractivity contribution in [1.29, 1.82) is 0 Å². The van der Waals surface area contributed by atoms with Gasteiger partial charge in [-0.2, -0.15) is 0 Å². The van der Waals surface area contributed by atoms with Crippen molar-refractivity contribution in [3.05, 3.63) is 66.2 Å². The molecule has 0 aromatic heterocycles. The molecule has 0 spiro atoms. The summed E-state index contributed by atoms with van der Waals surface area (Å²) in [5.41, 5.74) is 2.57. The Balaban J connectivity index is 1.61. The molecule has 3 aromatic carbocycles. The number of nitrogens with one attached hydrogen (secondary N) is 3. The van der Waals surface area contributed by atoms with E-state index in [0.717, 1.165) is 28.0 Å². The van der Waals surface area contributed by atoms with Crippen LogP contribution in [-0.4, -0.2) is 32.0 Å². The number of fused-ring (bicyclic) bond motifs is 1. The van der Waals surface area contributed by atoms with Crippen LogP contribution < -0.4 is 20.3 Å². The molecule has 2 amide bonds. The first-order valence-corrected chi connectivity index (χ1v) is 9.93. The first-order valence-electron chi connectivity index (χ1n) is 9.93. The highest BCUT2D eigenvalue weighted by Crippen LogP contribution is 2.21. The van der Waals surface area contributed by atoms with Gasteiger partial charge in [0.2, 0.25) is 5.91 Å². The van der Waals surface area contributed by atoms with E-state index in [1.807, 2.05) is 32.2 Å². The van der Waals surface area contributed by atoms with Gasteiger partial charge in [0, 0.05) is 23.9 Å². The molecule has 3 rings (SSSR count). The van der Waals surface area contributed by atoms with Gasteiger partial charge in [-0.1, -0.05) is 18.2 Å². The van der Waals surface area contributed by atoms with Gasteiger partial charge in [-0.15, -0.1) is 0 Å². The Labute approximate surface area is 176 Å². The van der Waals surface area contributed by atoms with E-state index in [0.29, 0.717) is 11.4 Å². The second-order valence-electron chi connectivity index (χ2n) is 7.54. The van der Waals surface area contributed by atoms with Gasteiger partial charge in [-0.25, -0.2) is 0 Å². The molecule has 156 valence electrons. The van der Waals surface area contributed by atoms with Crippen molar-refractivity contribution in [2.45, 2.75) is 26.4 Å². The van der Waals surface area contributed by atoms with Crippen LogP contribution in [0, 0.1) is 0 Å². The Morgan fingerprint density at radius 2 is 1.53 bits per heavy atom. The highest BCUT2D eigenvalue weighted by molar-refractivity contribution is 5.94. The summed E-state index contributed by atoms with van der Waals surface area (Å²) < 4.78 is 5.28. The van der Waals surface area contributed by atoms with Crippen molar-refractivity contribution < 1.29 is 19.2 Å². The topological polar surface area (TPSA) is 71.9 Å². The van der Waals surface area contributed by atoms with Crippen LogP contribution in [0.25, 0.3) is 10.8 Å². The molecule has 0 aliphatic carbocycles. The lowest BCUT2D eigenvalue weighted by Gasteiger charge is -2.21. The maximum Gasteiger partial charge on any atom is 0.282 e. The van der Waals surface area contributed by atoms with Crippen LogP contribution in [0.3, 0.4) is 0 Å². The molecule has 6 nitrogen and oxygen atoms in total. The zero-order valence-corrected chi connectivity index (χ0v) is 17.8. The van der Waals surface area contributed by atoms with Crippen LogP contribution in [0.5, 0.6) is 5.75 Å². The summed E-state index contributed by atoms with van der Waals surface area (Å²) in [6, 6.07) is 19.2. The molecule has 3 N–H and O–H groups in total. The molecule has 3 aromatic rings. The van der Waals surface area contributed by atoms with Gasteiger partial charge in [0.25, 0.3) is 5.91 Å². The first kappa shape index (κ1) is 21.3. The summed E-state index contributed by atoms with van der Waals surface area (Å²) in [5.74, 6) is 0.664.